The van der Waals surface area contributed by atoms with E-state index in [1.54, 1.807) is 12.1 Å². The number of Topliss-reactive ketones (excluding diaryl/α,β-unsaturated/α-hetero) is 1. The van der Waals surface area contributed by atoms with Crippen molar-refractivity contribution < 1.29 is 18.0 Å². The highest BCUT2D eigenvalue weighted by molar-refractivity contribution is 9.10. The third-order valence-electron chi connectivity index (χ3n) is 2.05. The summed E-state index contributed by atoms with van der Waals surface area (Å²) in [6, 6.07) is 4.84. The van der Waals surface area contributed by atoms with Crippen LogP contribution < -0.4 is 0 Å². The molecule has 0 fully saturated rings. The number of hydrogen-bond donors (Lipinski definition) is 0. The van der Waals surface area contributed by atoms with E-state index in [1.165, 1.54) is 11.4 Å². The van der Waals surface area contributed by atoms with Gasteiger partial charge in [-0.15, -0.1) is 11.3 Å². The van der Waals surface area contributed by atoms with Gasteiger partial charge in [-0.2, -0.15) is 13.2 Å². The summed E-state index contributed by atoms with van der Waals surface area (Å²) in [5.74, 6) is -1.79. The van der Waals surface area contributed by atoms with Gasteiger partial charge >= 0.3 is 6.18 Å². The zero-order valence-electron chi connectivity index (χ0n) is 7.64. The Morgan fingerprint density at radius 1 is 1.31 bits per heavy atom. The SMILES string of the molecule is O=C(c1csc2c(Br)cccc12)C(F)(F)F. The van der Waals surface area contributed by atoms with Gasteiger partial charge in [0.1, 0.15) is 0 Å². The van der Waals surface area contributed by atoms with E-state index in [1.807, 2.05) is 0 Å². The van der Waals surface area contributed by atoms with Gasteiger partial charge in [-0.1, -0.05) is 12.1 Å². The second-order valence-corrected chi connectivity index (χ2v) is 4.83. The highest BCUT2D eigenvalue weighted by Gasteiger charge is 2.40. The standard InChI is InChI=1S/C10H4BrF3OS/c11-7-3-1-2-5-6(4-16-8(5)7)9(15)10(12,13)14/h1-4H. The molecule has 0 amide bonds. The molecule has 1 heterocycles. The minimum Gasteiger partial charge on any atom is -0.284 e. The van der Waals surface area contributed by atoms with Gasteiger partial charge < -0.3 is 0 Å². The van der Waals surface area contributed by atoms with Crippen LogP contribution in [0.15, 0.2) is 28.1 Å². The van der Waals surface area contributed by atoms with Gasteiger partial charge in [0.15, 0.2) is 0 Å². The predicted molar refractivity (Wildman–Crippen MR) is 59.9 cm³/mol. The second-order valence-electron chi connectivity index (χ2n) is 3.09. The fraction of sp³-hybridized carbons (Fsp3) is 0.100. The van der Waals surface area contributed by atoms with Crippen LogP contribution >= 0.6 is 27.3 Å². The molecule has 0 N–H and O–H groups in total. The summed E-state index contributed by atoms with van der Waals surface area (Å²) in [5, 5.41) is 1.58. The number of carbonyl (C=O) groups excluding carboxylic acids is 1. The summed E-state index contributed by atoms with van der Waals surface area (Å²) in [5.41, 5.74) is -0.284. The number of ketones is 1. The topological polar surface area (TPSA) is 17.1 Å². The summed E-state index contributed by atoms with van der Waals surface area (Å²) in [6.45, 7) is 0. The average molecular weight is 309 g/mol. The number of rotatable bonds is 1. The van der Waals surface area contributed by atoms with Crippen LogP contribution in [0.25, 0.3) is 10.1 Å². The lowest BCUT2D eigenvalue weighted by Gasteiger charge is -2.03. The van der Waals surface area contributed by atoms with Gasteiger partial charge in [0.25, 0.3) is 5.78 Å². The normalized spacial score (nSPS) is 12.0. The first-order valence-electron chi connectivity index (χ1n) is 4.18. The van der Waals surface area contributed by atoms with E-state index in [2.05, 4.69) is 15.9 Å². The first-order valence-corrected chi connectivity index (χ1v) is 5.86. The minimum atomic E-state index is -4.82. The fourth-order valence-electron chi connectivity index (χ4n) is 1.35. The molecule has 0 atom stereocenters. The molecule has 16 heavy (non-hydrogen) atoms. The summed E-state index contributed by atoms with van der Waals surface area (Å²) in [4.78, 5) is 11.1. The van der Waals surface area contributed by atoms with E-state index < -0.39 is 12.0 Å². The second kappa shape index (κ2) is 3.85. The molecule has 1 nitrogen and oxygen atoms in total. The molecule has 1 aromatic heterocycles. The Hall–Kier alpha value is -0.880. The van der Waals surface area contributed by atoms with Crippen LogP contribution in [0, 0.1) is 0 Å². The molecule has 0 saturated carbocycles. The average Bonchev–Trinajstić information content (AvgIpc) is 2.60. The van der Waals surface area contributed by atoms with Gasteiger partial charge in [0, 0.05) is 25.5 Å². The molecule has 0 unspecified atom stereocenters. The molecule has 0 spiro atoms. The molecule has 0 radical (unpaired) electrons. The van der Waals surface area contributed by atoms with Crippen LogP contribution in [0.2, 0.25) is 0 Å². The van der Waals surface area contributed by atoms with Crippen molar-refractivity contribution in [1.82, 2.24) is 0 Å². The highest BCUT2D eigenvalue weighted by atomic mass is 79.9. The van der Waals surface area contributed by atoms with Crippen molar-refractivity contribution in [2.24, 2.45) is 0 Å². The third kappa shape index (κ3) is 1.87. The van der Waals surface area contributed by atoms with Crippen LogP contribution in [-0.4, -0.2) is 12.0 Å². The van der Waals surface area contributed by atoms with Gasteiger partial charge in [-0.05, 0) is 22.0 Å². The van der Waals surface area contributed by atoms with E-state index in [-0.39, 0.29) is 5.56 Å². The first kappa shape index (κ1) is 11.6. The molecule has 2 rings (SSSR count). The number of hydrogen-bond acceptors (Lipinski definition) is 2. The molecule has 0 aliphatic carbocycles. The van der Waals surface area contributed by atoms with Crippen LogP contribution in [0.5, 0.6) is 0 Å². The number of benzene rings is 1. The molecule has 0 bridgehead atoms. The largest absolute Gasteiger partial charge is 0.454 e. The van der Waals surface area contributed by atoms with Gasteiger partial charge in [-0.3, -0.25) is 4.79 Å². The lowest BCUT2D eigenvalue weighted by molar-refractivity contribution is -0.0883. The molecule has 0 aliphatic rings. The zero-order chi connectivity index (χ0) is 11.9. The lowest BCUT2D eigenvalue weighted by atomic mass is 10.1. The van der Waals surface area contributed by atoms with Crippen LogP contribution in [0.3, 0.4) is 0 Å². The van der Waals surface area contributed by atoms with Crippen molar-refractivity contribution in [3.8, 4) is 0 Å². The van der Waals surface area contributed by atoms with Crippen molar-refractivity contribution in [3.05, 3.63) is 33.6 Å². The number of fused-ring (bicyclic) bond motifs is 1. The van der Waals surface area contributed by atoms with E-state index >= 15 is 0 Å². The molecule has 0 saturated heterocycles. The van der Waals surface area contributed by atoms with Crippen LogP contribution in [0.4, 0.5) is 13.2 Å². The number of alkyl halides is 3. The summed E-state index contributed by atoms with van der Waals surface area (Å²) in [7, 11) is 0. The zero-order valence-corrected chi connectivity index (χ0v) is 10.0. The quantitative estimate of drug-likeness (QED) is 0.713. The van der Waals surface area contributed by atoms with Crippen molar-refractivity contribution in [2.75, 3.05) is 0 Å². The highest BCUT2D eigenvalue weighted by Crippen LogP contribution is 2.35. The van der Waals surface area contributed by atoms with Crippen molar-refractivity contribution in [1.29, 1.82) is 0 Å². The molecule has 2 aromatic rings. The van der Waals surface area contributed by atoms with E-state index in [4.69, 9.17) is 0 Å². The van der Waals surface area contributed by atoms with Crippen LogP contribution in [-0.2, 0) is 0 Å². The Morgan fingerprint density at radius 2 is 2.00 bits per heavy atom. The smallest absolute Gasteiger partial charge is 0.284 e. The van der Waals surface area contributed by atoms with Crippen LogP contribution in [0.1, 0.15) is 10.4 Å². The molecule has 84 valence electrons. The maximum Gasteiger partial charge on any atom is 0.454 e. The number of thiophene rings is 1. The van der Waals surface area contributed by atoms with Crippen molar-refractivity contribution >= 4 is 43.1 Å². The summed E-state index contributed by atoms with van der Waals surface area (Å²) in [6.07, 6.45) is -4.82. The number of carbonyl (C=O) groups is 1. The summed E-state index contributed by atoms with van der Waals surface area (Å²) >= 11 is 4.34. The van der Waals surface area contributed by atoms with Crippen molar-refractivity contribution in [3.63, 3.8) is 0 Å². The molecular weight excluding hydrogens is 305 g/mol. The number of halogens is 4. The maximum absolute atomic E-state index is 12.3. The molecule has 0 aliphatic heterocycles. The Balaban J connectivity index is 2.64. The molecule has 1 aromatic carbocycles. The van der Waals surface area contributed by atoms with Gasteiger partial charge in [-0.25, -0.2) is 0 Å². The van der Waals surface area contributed by atoms with E-state index in [0.29, 0.717) is 14.6 Å². The lowest BCUT2D eigenvalue weighted by Crippen LogP contribution is -2.22. The van der Waals surface area contributed by atoms with Gasteiger partial charge in [0.2, 0.25) is 0 Å². The monoisotopic (exact) mass is 308 g/mol. The molecular formula is C10H4BrF3OS. The predicted octanol–water partition coefficient (Wildman–Crippen LogP) is 4.41. The Labute approximate surface area is 101 Å². The van der Waals surface area contributed by atoms with E-state index in [9.17, 15) is 18.0 Å². The van der Waals surface area contributed by atoms with E-state index in [0.717, 1.165) is 11.3 Å². The Morgan fingerprint density at radius 3 is 2.62 bits per heavy atom. The fourth-order valence-corrected chi connectivity index (χ4v) is 2.95. The Bertz CT molecular complexity index is 559. The molecule has 6 heteroatoms. The Kier molecular flexibility index (Phi) is 2.79. The van der Waals surface area contributed by atoms with Crippen molar-refractivity contribution in [2.45, 2.75) is 6.18 Å². The minimum absolute atomic E-state index is 0.284. The van der Waals surface area contributed by atoms with Gasteiger partial charge in [0.05, 0.1) is 0 Å². The summed E-state index contributed by atoms with van der Waals surface area (Å²) < 4.78 is 38.2. The third-order valence-corrected chi connectivity index (χ3v) is 4.01. The maximum atomic E-state index is 12.3. The first-order chi connectivity index (χ1) is 7.41.